The molecule has 0 saturated carbocycles. The van der Waals surface area contributed by atoms with Crippen molar-refractivity contribution in [3.63, 3.8) is 0 Å². The van der Waals surface area contributed by atoms with Crippen LogP contribution < -0.4 is 10.2 Å². The average Bonchev–Trinajstić information content (AvgIpc) is 3.31. The number of anilines is 3. The van der Waals surface area contributed by atoms with E-state index < -0.39 is 0 Å². The molecule has 4 heterocycles. The van der Waals surface area contributed by atoms with Gasteiger partial charge in [-0.1, -0.05) is 0 Å². The number of benzene rings is 1. The predicted octanol–water partition coefficient (Wildman–Crippen LogP) is 2.26. The minimum atomic E-state index is -0.123. The van der Waals surface area contributed by atoms with Crippen molar-refractivity contribution in [3.05, 3.63) is 60.8 Å². The highest BCUT2D eigenvalue weighted by molar-refractivity contribution is 5.74. The predicted molar refractivity (Wildman–Crippen MR) is 113 cm³/mol. The van der Waals surface area contributed by atoms with Crippen molar-refractivity contribution in [2.45, 2.75) is 6.61 Å². The molecule has 1 aromatic carbocycles. The second-order valence-corrected chi connectivity index (χ2v) is 6.95. The van der Waals surface area contributed by atoms with Crippen molar-refractivity contribution >= 4 is 22.8 Å². The van der Waals surface area contributed by atoms with Gasteiger partial charge in [-0.3, -0.25) is 4.98 Å². The van der Waals surface area contributed by atoms with Crippen molar-refractivity contribution in [2.75, 3.05) is 36.5 Å². The summed E-state index contributed by atoms with van der Waals surface area (Å²) in [4.78, 5) is 15.4. The molecule has 0 amide bonds. The minimum Gasteiger partial charge on any atom is -0.390 e. The van der Waals surface area contributed by atoms with Crippen molar-refractivity contribution in [1.82, 2.24) is 24.6 Å². The molecule has 1 aliphatic heterocycles. The summed E-state index contributed by atoms with van der Waals surface area (Å²) in [5.41, 5.74) is 4.93. The molecule has 0 unspecified atom stereocenters. The fraction of sp³-hybridized carbons (Fsp3) is 0.238. The maximum Gasteiger partial charge on any atom is 0.199 e. The summed E-state index contributed by atoms with van der Waals surface area (Å²) in [6.45, 7) is 3.21. The Kier molecular flexibility index (Phi) is 4.96. The van der Waals surface area contributed by atoms with Crippen LogP contribution in [0.4, 0.5) is 17.2 Å². The van der Waals surface area contributed by atoms with Gasteiger partial charge < -0.3 is 20.1 Å². The molecule has 2 N–H and O–H groups in total. The number of aliphatic hydroxyl groups is 1. The number of ether oxygens (including phenoxy) is 1. The first-order valence-corrected chi connectivity index (χ1v) is 9.76. The number of hydrogen-bond acceptors (Lipinski definition) is 8. The number of pyridine rings is 1. The summed E-state index contributed by atoms with van der Waals surface area (Å²) in [5, 5.41) is 17.0. The SMILES string of the molecule is OCc1cc(-c2cnc(Nc3ccc(N4CCOCC4)cc3)c3ncnn23)ccn1. The van der Waals surface area contributed by atoms with Gasteiger partial charge in [-0.25, -0.2) is 14.5 Å². The molecule has 9 heteroatoms. The van der Waals surface area contributed by atoms with E-state index >= 15 is 0 Å². The van der Waals surface area contributed by atoms with E-state index in [-0.39, 0.29) is 6.61 Å². The molecule has 4 aromatic rings. The lowest BCUT2D eigenvalue weighted by Crippen LogP contribution is -2.36. The van der Waals surface area contributed by atoms with Crippen molar-refractivity contribution < 1.29 is 9.84 Å². The Hall–Kier alpha value is -3.56. The highest BCUT2D eigenvalue weighted by Crippen LogP contribution is 2.26. The normalized spacial score (nSPS) is 14.2. The molecular formula is C21H21N7O2. The maximum absolute atomic E-state index is 9.36. The first-order chi connectivity index (χ1) is 14.8. The Labute approximate surface area is 173 Å². The fourth-order valence-corrected chi connectivity index (χ4v) is 3.54. The van der Waals surface area contributed by atoms with Gasteiger partial charge in [0.05, 0.1) is 37.4 Å². The van der Waals surface area contributed by atoms with Gasteiger partial charge in [0.2, 0.25) is 0 Å². The van der Waals surface area contributed by atoms with Crippen LogP contribution in [0, 0.1) is 0 Å². The number of fused-ring (bicyclic) bond motifs is 1. The van der Waals surface area contributed by atoms with E-state index in [1.165, 1.54) is 12.0 Å². The van der Waals surface area contributed by atoms with E-state index in [0.717, 1.165) is 43.2 Å². The first-order valence-electron chi connectivity index (χ1n) is 9.76. The van der Waals surface area contributed by atoms with Gasteiger partial charge in [-0.2, -0.15) is 5.10 Å². The van der Waals surface area contributed by atoms with Gasteiger partial charge in [0.25, 0.3) is 0 Å². The molecule has 0 radical (unpaired) electrons. The lowest BCUT2D eigenvalue weighted by atomic mass is 10.2. The first kappa shape index (κ1) is 18.5. The Balaban J connectivity index is 1.42. The summed E-state index contributed by atoms with van der Waals surface area (Å²) in [6.07, 6.45) is 4.90. The highest BCUT2D eigenvalue weighted by Gasteiger charge is 2.14. The van der Waals surface area contributed by atoms with Crippen LogP contribution in [0.2, 0.25) is 0 Å². The number of rotatable bonds is 5. The van der Waals surface area contributed by atoms with Gasteiger partial charge in [-0.15, -0.1) is 0 Å². The topological polar surface area (TPSA) is 101 Å². The fourth-order valence-electron chi connectivity index (χ4n) is 3.54. The molecule has 1 fully saturated rings. The van der Waals surface area contributed by atoms with E-state index in [0.29, 0.717) is 17.2 Å². The smallest absolute Gasteiger partial charge is 0.199 e. The van der Waals surface area contributed by atoms with Gasteiger partial charge in [-0.05, 0) is 36.4 Å². The third-order valence-corrected chi connectivity index (χ3v) is 5.08. The minimum absolute atomic E-state index is 0.123. The number of nitrogens with one attached hydrogen (secondary N) is 1. The van der Waals surface area contributed by atoms with Gasteiger partial charge >= 0.3 is 0 Å². The van der Waals surface area contributed by atoms with Crippen LogP contribution in [0.15, 0.2) is 55.1 Å². The second-order valence-electron chi connectivity index (χ2n) is 6.95. The van der Waals surface area contributed by atoms with E-state index in [1.807, 2.05) is 24.3 Å². The molecule has 0 bridgehead atoms. The summed E-state index contributed by atoms with van der Waals surface area (Å²) in [7, 11) is 0. The van der Waals surface area contributed by atoms with Gasteiger partial charge in [0.15, 0.2) is 11.5 Å². The Morgan fingerprint density at radius 1 is 1.03 bits per heavy atom. The zero-order valence-electron chi connectivity index (χ0n) is 16.3. The molecule has 3 aromatic heterocycles. The highest BCUT2D eigenvalue weighted by atomic mass is 16.5. The summed E-state index contributed by atoms with van der Waals surface area (Å²) in [5.74, 6) is 0.617. The van der Waals surface area contributed by atoms with E-state index in [4.69, 9.17) is 4.74 Å². The molecule has 152 valence electrons. The number of hydrogen-bond donors (Lipinski definition) is 2. The lowest BCUT2D eigenvalue weighted by molar-refractivity contribution is 0.122. The molecule has 5 rings (SSSR count). The third-order valence-electron chi connectivity index (χ3n) is 5.08. The van der Waals surface area contributed by atoms with Crippen molar-refractivity contribution in [2.24, 2.45) is 0 Å². The zero-order valence-corrected chi connectivity index (χ0v) is 16.3. The van der Waals surface area contributed by atoms with E-state index in [2.05, 4.69) is 42.4 Å². The number of morpholine rings is 1. The van der Waals surface area contributed by atoms with E-state index in [9.17, 15) is 5.11 Å². The monoisotopic (exact) mass is 403 g/mol. The molecule has 1 aliphatic rings. The zero-order chi connectivity index (χ0) is 20.3. The number of aromatic nitrogens is 5. The summed E-state index contributed by atoms with van der Waals surface area (Å²) in [6, 6.07) is 11.9. The standard InChI is InChI=1S/C21H21N7O2/c29-13-17-11-15(5-6-22-17)19-12-23-20(21-24-14-25-28(19)21)26-16-1-3-18(4-2-16)27-7-9-30-10-8-27/h1-6,11-12,14,29H,7-10,13H2,(H,23,26). The molecule has 0 atom stereocenters. The summed E-state index contributed by atoms with van der Waals surface area (Å²) >= 11 is 0. The van der Waals surface area contributed by atoms with Crippen LogP contribution in [0.3, 0.4) is 0 Å². The molecule has 1 saturated heterocycles. The average molecular weight is 403 g/mol. The summed E-state index contributed by atoms with van der Waals surface area (Å²) < 4.78 is 7.15. The van der Waals surface area contributed by atoms with E-state index in [1.54, 1.807) is 16.9 Å². The number of aliphatic hydroxyl groups excluding tert-OH is 1. The van der Waals surface area contributed by atoms with Crippen LogP contribution in [0.1, 0.15) is 5.69 Å². The van der Waals surface area contributed by atoms with Crippen molar-refractivity contribution in [1.29, 1.82) is 0 Å². The van der Waals surface area contributed by atoms with Crippen LogP contribution in [-0.2, 0) is 11.3 Å². The van der Waals surface area contributed by atoms with Crippen LogP contribution in [0.5, 0.6) is 0 Å². The van der Waals surface area contributed by atoms with Crippen LogP contribution >= 0.6 is 0 Å². The molecule has 9 nitrogen and oxygen atoms in total. The molecule has 30 heavy (non-hydrogen) atoms. The molecule has 0 aliphatic carbocycles. The van der Waals surface area contributed by atoms with Crippen molar-refractivity contribution in [3.8, 4) is 11.3 Å². The Bertz CT molecular complexity index is 1150. The van der Waals surface area contributed by atoms with Crippen LogP contribution in [0.25, 0.3) is 16.9 Å². The van der Waals surface area contributed by atoms with Gasteiger partial charge in [0.1, 0.15) is 6.33 Å². The Morgan fingerprint density at radius 2 is 1.87 bits per heavy atom. The second kappa shape index (κ2) is 8.05. The Morgan fingerprint density at radius 3 is 2.67 bits per heavy atom. The quantitative estimate of drug-likeness (QED) is 0.523. The molecule has 0 spiro atoms. The van der Waals surface area contributed by atoms with Gasteiger partial charge in [0, 0.05) is 36.2 Å². The largest absolute Gasteiger partial charge is 0.390 e. The lowest BCUT2D eigenvalue weighted by Gasteiger charge is -2.28. The maximum atomic E-state index is 9.36. The van der Waals surface area contributed by atoms with Crippen LogP contribution in [-0.4, -0.2) is 56.0 Å². The third kappa shape index (κ3) is 3.56. The molecular weight excluding hydrogens is 382 g/mol. The number of nitrogens with zero attached hydrogens (tertiary/aromatic N) is 6.